The molecule has 216 valence electrons. The second kappa shape index (κ2) is 15.9. The maximum absolute atomic E-state index is 13.1. The third-order valence-electron chi connectivity index (χ3n) is 6.88. The molecule has 5 nitrogen and oxygen atoms in total. The van der Waals surface area contributed by atoms with Crippen LogP contribution in [-0.4, -0.2) is 38.6 Å². The molecule has 7 heteroatoms. The largest absolute Gasteiger partial charge is 1.00 e. The molecule has 0 atom stereocenters. The Morgan fingerprint density at radius 2 is 0.878 bits per heavy atom. The van der Waals surface area contributed by atoms with Gasteiger partial charge in [0, 0.05) is 25.5 Å². The van der Waals surface area contributed by atoms with Gasteiger partial charge in [0.25, 0.3) is 0 Å². The van der Waals surface area contributed by atoms with Crippen LogP contribution in [-0.2, 0) is 21.7 Å². The molecular weight excluding hydrogens is 528 g/mol. The summed E-state index contributed by atoms with van der Waals surface area (Å²) >= 11 is 0. The Morgan fingerprint density at radius 3 is 1.15 bits per heavy atom. The summed E-state index contributed by atoms with van der Waals surface area (Å²) in [4.78, 5) is 9.05. The van der Waals surface area contributed by atoms with E-state index in [9.17, 15) is 10.2 Å². The van der Waals surface area contributed by atoms with E-state index < -0.39 is 0 Å². The fraction of sp³-hybridized carbons (Fsp3) is 0.588. The minimum Gasteiger partial charge on any atom is -0.872 e. The molecule has 0 aliphatic rings. The molecule has 0 spiro atoms. The average Bonchev–Trinajstić information content (AvgIpc) is 2.76. The molecule has 0 saturated carbocycles. The summed E-state index contributed by atoms with van der Waals surface area (Å²) in [5, 5.41) is 29.5. The second-order valence-corrected chi connectivity index (χ2v) is 14.7. The van der Waals surface area contributed by atoms with Crippen molar-refractivity contribution in [1.29, 1.82) is 0 Å². The normalized spacial score (nSPS) is 13.0. The first kappa shape index (κ1) is 40.3. The minimum absolute atomic E-state index is 0. The van der Waals surface area contributed by atoms with Gasteiger partial charge >= 0.3 is 59.1 Å². The van der Waals surface area contributed by atoms with Crippen LogP contribution in [0.5, 0.6) is 11.5 Å². The van der Waals surface area contributed by atoms with Gasteiger partial charge in [0.15, 0.2) is 0 Å². The van der Waals surface area contributed by atoms with Crippen molar-refractivity contribution in [2.45, 2.75) is 105 Å². The van der Waals surface area contributed by atoms with E-state index in [1.54, 1.807) is 12.4 Å². The van der Waals surface area contributed by atoms with Gasteiger partial charge in [0.2, 0.25) is 0 Å². The molecule has 0 bridgehead atoms. The summed E-state index contributed by atoms with van der Waals surface area (Å²) < 4.78 is 0. The molecule has 1 N–H and O–H groups in total. The summed E-state index contributed by atoms with van der Waals surface area (Å²) in [5.74, 6) is 0.119. The molecule has 0 amide bonds. The van der Waals surface area contributed by atoms with Crippen LogP contribution in [0.4, 0.5) is 0 Å². The van der Waals surface area contributed by atoms with E-state index in [4.69, 9.17) is 0 Å². The van der Waals surface area contributed by atoms with E-state index in [0.29, 0.717) is 37.3 Å². The number of nitrogens with one attached hydrogen (secondary N) is 1. The van der Waals surface area contributed by atoms with Gasteiger partial charge < -0.3 is 15.5 Å². The predicted octanol–water partition coefficient (Wildman–Crippen LogP) is 0.159. The monoisotopic (exact) mass is 579 g/mol. The molecular formula is C34H51N3Na2O2. The number of rotatable bonds is 8. The summed E-state index contributed by atoms with van der Waals surface area (Å²) in [7, 11) is 0. The van der Waals surface area contributed by atoms with Crippen LogP contribution >= 0.6 is 0 Å². The zero-order valence-corrected chi connectivity index (χ0v) is 32.5. The van der Waals surface area contributed by atoms with Crippen LogP contribution in [0.3, 0.4) is 0 Å². The van der Waals surface area contributed by atoms with Crippen LogP contribution < -0.4 is 74.6 Å². The molecule has 0 saturated heterocycles. The summed E-state index contributed by atoms with van der Waals surface area (Å²) in [6.45, 7) is 27.9. The summed E-state index contributed by atoms with van der Waals surface area (Å²) in [6, 6.07) is 8.07. The molecule has 2 aromatic carbocycles. The van der Waals surface area contributed by atoms with Gasteiger partial charge in [-0.1, -0.05) is 119 Å². The van der Waals surface area contributed by atoms with Crippen molar-refractivity contribution in [1.82, 2.24) is 5.32 Å². The average molecular weight is 580 g/mol. The third-order valence-corrected chi connectivity index (χ3v) is 6.88. The molecule has 2 rings (SSSR count). The maximum Gasteiger partial charge on any atom is 1.00 e. The standard InChI is InChI=1S/C34H53N3O2.2Na/c1-31(2,3)25-17-23(29(38)27(19-25)33(7,8)9)21-36-15-13-35-14-16-37-22-24-18-26(32(4,5)6)20-28(30(24)39)34(10,11)12;;/h17-22,35,38-39H,13-16H2,1-12H3;;/q;2*+1/p-2. The van der Waals surface area contributed by atoms with Gasteiger partial charge in [-0.05, 0) is 55.0 Å². The van der Waals surface area contributed by atoms with E-state index in [2.05, 4.69) is 111 Å². The van der Waals surface area contributed by atoms with Gasteiger partial charge in [0.05, 0.1) is 13.1 Å². The van der Waals surface area contributed by atoms with Gasteiger partial charge in [-0.3, -0.25) is 9.98 Å². The van der Waals surface area contributed by atoms with Gasteiger partial charge in [-0.25, -0.2) is 0 Å². The Balaban J connectivity index is 0.00000800. The maximum atomic E-state index is 13.1. The first-order valence-corrected chi connectivity index (χ1v) is 14.2. The topological polar surface area (TPSA) is 82.9 Å². The number of benzene rings is 2. The number of hydrogen-bond acceptors (Lipinski definition) is 5. The van der Waals surface area contributed by atoms with E-state index in [-0.39, 0.29) is 92.3 Å². The Bertz CT molecular complexity index is 1100. The fourth-order valence-electron chi connectivity index (χ4n) is 4.21. The Hall–Kier alpha value is -0.660. The number of hydrogen-bond donors (Lipinski definition) is 1. The van der Waals surface area contributed by atoms with E-state index in [0.717, 1.165) is 22.3 Å². The Labute approximate surface area is 294 Å². The van der Waals surface area contributed by atoms with E-state index in [1.807, 2.05) is 12.1 Å². The first-order chi connectivity index (χ1) is 17.7. The molecule has 0 heterocycles. The van der Waals surface area contributed by atoms with E-state index in [1.165, 1.54) is 0 Å². The van der Waals surface area contributed by atoms with Crippen molar-refractivity contribution >= 4 is 12.4 Å². The zero-order chi connectivity index (χ0) is 29.8. The van der Waals surface area contributed by atoms with E-state index >= 15 is 0 Å². The smallest absolute Gasteiger partial charge is 0.872 e. The minimum atomic E-state index is -0.224. The van der Waals surface area contributed by atoms with Crippen molar-refractivity contribution < 1.29 is 69.3 Å². The van der Waals surface area contributed by atoms with Crippen molar-refractivity contribution in [3.8, 4) is 11.5 Å². The third kappa shape index (κ3) is 12.1. The SMILES string of the molecule is CC(C)(C)c1cc(C=NCCNCCN=Cc2cc(C(C)(C)C)cc(C(C)(C)C)c2[O-])c([O-])c(C(C)(C)C)c1.[Na+].[Na+]. The van der Waals surface area contributed by atoms with Crippen molar-refractivity contribution in [3.63, 3.8) is 0 Å². The van der Waals surface area contributed by atoms with Crippen LogP contribution in [0, 0.1) is 0 Å². The first-order valence-electron chi connectivity index (χ1n) is 14.2. The molecule has 0 unspecified atom stereocenters. The molecule has 0 aliphatic heterocycles. The van der Waals surface area contributed by atoms with Crippen molar-refractivity contribution in [2.75, 3.05) is 26.2 Å². The summed E-state index contributed by atoms with van der Waals surface area (Å²) in [5.41, 5.74) is 4.71. The Kier molecular flexibility index (Phi) is 15.6. The number of aliphatic imine (C=N–C) groups is 2. The fourth-order valence-corrected chi connectivity index (χ4v) is 4.21. The van der Waals surface area contributed by atoms with Crippen LogP contribution in [0.1, 0.15) is 116 Å². The van der Waals surface area contributed by atoms with Crippen LogP contribution in [0.15, 0.2) is 34.3 Å². The van der Waals surface area contributed by atoms with Gasteiger partial charge in [-0.15, -0.1) is 0 Å². The molecule has 0 aromatic heterocycles. The molecule has 0 radical (unpaired) electrons. The van der Waals surface area contributed by atoms with Crippen molar-refractivity contribution in [2.24, 2.45) is 9.98 Å². The zero-order valence-electron chi connectivity index (χ0n) is 28.5. The number of nitrogens with zero attached hydrogens (tertiary/aromatic N) is 2. The quantitative estimate of drug-likeness (QED) is 0.275. The van der Waals surface area contributed by atoms with Crippen LogP contribution in [0.2, 0.25) is 0 Å². The van der Waals surface area contributed by atoms with Crippen LogP contribution in [0.25, 0.3) is 0 Å². The van der Waals surface area contributed by atoms with Gasteiger partial charge in [0.1, 0.15) is 0 Å². The molecule has 2 aromatic rings. The van der Waals surface area contributed by atoms with Crippen molar-refractivity contribution in [3.05, 3.63) is 57.6 Å². The Morgan fingerprint density at radius 1 is 0.561 bits per heavy atom. The second-order valence-electron chi connectivity index (χ2n) is 14.7. The predicted molar refractivity (Wildman–Crippen MR) is 164 cm³/mol. The molecule has 0 aliphatic carbocycles. The van der Waals surface area contributed by atoms with Gasteiger partial charge in [-0.2, -0.15) is 0 Å². The molecule has 0 fully saturated rings. The molecule has 41 heavy (non-hydrogen) atoms. The summed E-state index contributed by atoms with van der Waals surface area (Å²) in [6.07, 6.45) is 3.44.